The van der Waals surface area contributed by atoms with Crippen LogP contribution in [0, 0.1) is 23.2 Å². The van der Waals surface area contributed by atoms with Gasteiger partial charge in [-0.1, -0.05) is 58.2 Å². The maximum atomic E-state index is 14.9. The number of ether oxygens (including phenoxy) is 1. The minimum Gasteiger partial charge on any atom is -0.497 e. The van der Waals surface area contributed by atoms with Crippen LogP contribution < -0.4 is 20.4 Å². The average Bonchev–Trinajstić information content (AvgIpc) is 4.07. The molecular weight excluding hydrogens is 622 g/mol. The van der Waals surface area contributed by atoms with Gasteiger partial charge in [-0.25, -0.2) is 5.01 Å². The standard InChI is InChI=1S/C40H55N5O3.C2H6/c1-25-35(41-23-26-12-13-26)21-36(25)45(5)39(47)40-22-34(40)33-20-30(48-6)16-14-28(33)18-32(27-10-8-7-9-11-27)31-17-15-29(38(46)42-43(2)3)19-37(31)44(4)24-40;1-2/h14-20,25-27,34-36,41H,7-13,21-24H2,1-6H3,(H,42,46);1-2H3/b32-18+;. The van der Waals surface area contributed by atoms with Gasteiger partial charge in [-0.3, -0.25) is 15.0 Å². The summed E-state index contributed by atoms with van der Waals surface area (Å²) in [6.07, 6.45) is 13.0. The second-order valence-electron chi connectivity index (χ2n) is 15.8. The van der Waals surface area contributed by atoms with Crippen LogP contribution in [0.3, 0.4) is 0 Å². The minimum absolute atomic E-state index is 0.0878. The van der Waals surface area contributed by atoms with Crippen molar-refractivity contribution in [2.75, 3.05) is 53.3 Å². The predicted molar refractivity (Wildman–Crippen MR) is 204 cm³/mol. The lowest BCUT2D eigenvalue weighted by Crippen LogP contribution is -2.61. The third-order valence-corrected chi connectivity index (χ3v) is 12.3. The SMILES string of the molecule is CC.COc1ccc2c(c1)C1CC1(C(=O)N(C)C1CC(NCC3CC3)C1C)CN(C)c1cc(C(=O)NN(C)C)ccc1/C(C1CCCCC1)=C/2. The van der Waals surface area contributed by atoms with E-state index in [0.717, 1.165) is 49.6 Å². The summed E-state index contributed by atoms with van der Waals surface area (Å²) in [6, 6.07) is 13.3. The number of rotatable bonds is 9. The number of anilines is 1. The lowest BCUT2D eigenvalue weighted by atomic mass is 9.74. The van der Waals surface area contributed by atoms with Crippen LogP contribution in [0.5, 0.6) is 5.75 Å². The first kappa shape index (κ1) is 36.4. The summed E-state index contributed by atoms with van der Waals surface area (Å²) in [6.45, 7) is 8.00. The second-order valence-corrected chi connectivity index (χ2v) is 15.8. The van der Waals surface area contributed by atoms with Gasteiger partial charge in [-0.05, 0) is 104 Å². The summed E-state index contributed by atoms with van der Waals surface area (Å²) in [5, 5.41) is 5.47. The number of fused-ring (bicyclic) bond motifs is 4. The van der Waals surface area contributed by atoms with Crippen molar-refractivity contribution in [1.82, 2.24) is 20.7 Å². The Kier molecular flexibility index (Phi) is 11.0. The maximum Gasteiger partial charge on any atom is 0.265 e. The molecule has 8 nitrogen and oxygen atoms in total. The zero-order valence-corrected chi connectivity index (χ0v) is 31.9. The molecule has 5 aliphatic rings. The highest BCUT2D eigenvalue weighted by molar-refractivity contribution is 5.98. The largest absolute Gasteiger partial charge is 0.497 e. The average molecular weight is 684 g/mol. The highest BCUT2D eigenvalue weighted by Gasteiger charge is 2.63. The number of carbonyl (C=O) groups excluding carboxylic acids is 2. The van der Waals surface area contributed by atoms with Gasteiger partial charge in [0.05, 0.1) is 12.5 Å². The topological polar surface area (TPSA) is 77.1 Å². The van der Waals surface area contributed by atoms with Crippen LogP contribution in [0.25, 0.3) is 11.6 Å². The third-order valence-electron chi connectivity index (χ3n) is 12.3. The van der Waals surface area contributed by atoms with Gasteiger partial charge in [0.15, 0.2) is 0 Å². The van der Waals surface area contributed by atoms with Crippen LogP contribution in [0.1, 0.15) is 112 Å². The van der Waals surface area contributed by atoms with E-state index in [1.165, 1.54) is 54.4 Å². The lowest BCUT2D eigenvalue weighted by molar-refractivity contribution is -0.141. The summed E-state index contributed by atoms with van der Waals surface area (Å²) in [5.41, 5.74) is 8.91. The molecule has 7 rings (SSSR count). The van der Waals surface area contributed by atoms with Gasteiger partial charge >= 0.3 is 0 Å². The molecule has 4 fully saturated rings. The number of hydrazine groups is 1. The lowest BCUT2D eigenvalue weighted by Gasteiger charge is -2.49. The first-order chi connectivity index (χ1) is 24.1. The van der Waals surface area contributed by atoms with Crippen LogP contribution >= 0.6 is 0 Å². The molecule has 5 unspecified atom stereocenters. The van der Waals surface area contributed by atoms with Crippen LogP contribution in [0.15, 0.2) is 36.4 Å². The molecule has 0 aromatic heterocycles. The molecule has 1 heterocycles. The van der Waals surface area contributed by atoms with Gasteiger partial charge in [0.1, 0.15) is 5.75 Å². The van der Waals surface area contributed by atoms with Crippen molar-refractivity contribution in [3.63, 3.8) is 0 Å². The highest BCUT2D eigenvalue weighted by atomic mass is 16.5. The zero-order valence-electron chi connectivity index (χ0n) is 31.9. The molecule has 2 aromatic carbocycles. The summed E-state index contributed by atoms with van der Waals surface area (Å²) in [4.78, 5) is 32.5. The highest BCUT2D eigenvalue weighted by Crippen LogP contribution is 2.63. The maximum absolute atomic E-state index is 14.9. The van der Waals surface area contributed by atoms with E-state index in [9.17, 15) is 9.59 Å². The van der Waals surface area contributed by atoms with E-state index < -0.39 is 5.41 Å². The number of allylic oxidation sites excluding steroid dienone is 1. The molecule has 0 bridgehead atoms. The molecule has 5 atom stereocenters. The van der Waals surface area contributed by atoms with E-state index in [0.29, 0.717) is 30.0 Å². The smallest absolute Gasteiger partial charge is 0.265 e. The van der Waals surface area contributed by atoms with Gasteiger partial charge in [-0.2, -0.15) is 0 Å². The monoisotopic (exact) mass is 683 g/mol. The predicted octanol–water partition coefficient (Wildman–Crippen LogP) is 7.21. The molecule has 50 heavy (non-hydrogen) atoms. The van der Waals surface area contributed by atoms with Crippen molar-refractivity contribution in [2.24, 2.45) is 23.2 Å². The zero-order chi connectivity index (χ0) is 35.7. The molecular formula is C42H61N5O3. The van der Waals surface area contributed by atoms with E-state index >= 15 is 0 Å². The van der Waals surface area contributed by atoms with Crippen molar-refractivity contribution in [3.05, 3.63) is 58.7 Å². The van der Waals surface area contributed by atoms with Gasteiger partial charge in [0, 0.05) is 69.6 Å². The fourth-order valence-corrected chi connectivity index (χ4v) is 8.99. The number of hydrogen-bond acceptors (Lipinski definition) is 6. The molecule has 272 valence electrons. The first-order valence-electron chi connectivity index (χ1n) is 19.3. The molecule has 0 spiro atoms. The summed E-state index contributed by atoms with van der Waals surface area (Å²) >= 11 is 0. The Morgan fingerprint density at radius 3 is 2.40 bits per heavy atom. The van der Waals surface area contributed by atoms with Gasteiger partial charge in [0.2, 0.25) is 5.91 Å². The van der Waals surface area contributed by atoms with Crippen molar-refractivity contribution < 1.29 is 14.3 Å². The fraction of sp³-hybridized carbons (Fsp3) is 0.619. The van der Waals surface area contributed by atoms with E-state index in [-0.39, 0.29) is 23.8 Å². The van der Waals surface area contributed by atoms with Crippen LogP contribution in [-0.4, -0.2) is 82.2 Å². The number of nitrogens with one attached hydrogen (secondary N) is 2. The molecule has 4 aliphatic carbocycles. The Morgan fingerprint density at radius 2 is 1.74 bits per heavy atom. The Morgan fingerprint density at radius 1 is 1.00 bits per heavy atom. The number of benzene rings is 2. The second kappa shape index (κ2) is 15.1. The first-order valence-corrected chi connectivity index (χ1v) is 19.3. The van der Waals surface area contributed by atoms with E-state index in [1.807, 2.05) is 47.1 Å². The Hall–Kier alpha value is -3.36. The Bertz CT molecular complexity index is 1580. The molecule has 0 radical (unpaired) electrons. The third kappa shape index (κ3) is 7.20. The summed E-state index contributed by atoms with van der Waals surface area (Å²) in [5.74, 6) is 2.75. The van der Waals surface area contributed by atoms with E-state index in [4.69, 9.17) is 4.74 Å². The van der Waals surface area contributed by atoms with Gasteiger partial charge in [0.25, 0.3) is 5.91 Å². The fourth-order valence-electron chi connectivity index (χ4n) is 8.99. The molecule has 2 N–H and O–H groups in total. The van der Waals surface area contributed by atoms with E-state index in [2.05, 4.69) is 64.9 Å². The molecule has 2 amide bonds. The molecule has 4 saturated carbocycles. The van der Waals surface area contributed by atoms with Gasteiger partial charge < -0.3 is 19.9 Å². The van der Waals surface area contributed by atoms with E-state index in [1.54, 1.807) is 12.1 Å². The normalized spacial score (nSPS) is 28.3. The Balaban J connectivity index is 0.00000212. The number of hydrogen-bond donors (Lipinski definition) is 2. The number of nitrogens with zero attached hydrogens (tertiary/aromatic N) is 3. The molecule has 1 aliphatic heterocycles. The number of methoxy groups -OCH3 is 1. The molecule has 2 aromatic rings. The molecule has 8 heteroatoms. The molecule has 0 saturated heterocycles. The summed E-state index contributed by atoms with van der Waals surface area (Å²) in [7, 11) is 9.54. The van der Waals surface area contributed by atoms with Crippen molar-refractivity contribution in [3.8, 4) is 5.75 Å². The minimum atomic E-state index is -0.563. The van der Waals surface area contributed by atoms with Crippen molar-refractivity contribution >= 4 is 29.2 Å². The summed E-state index contributed by atoms with van der Waals surface area (Å²) < 4.78 is 5.76. The van der Waals surface area contributed by atoms with Crippen molar-refractivity contribution in [1.29, 1.82) is 0 Å². The van der Waals surface area contributed by atoms with Crippen LogP contribution in [0.2, 0.25) is 0 Å². The quantitative estimate of drug-likeness (QED) is 0.272. The van der Waals surface area contributed by atoms with Crippen LogP contribution in [0.4, 0.5) is 5.69 Å². The number of carbonyl (C=O) groups is 2. The van der Waals surface area contributed by atoms with Crippen molar-refractivity contribution in [2.45, 2.75) is 96.6 Å². The number of amides is 2. The van der Waals surface area contributed by atoms with Gasteiger partial charge in [-0.15, -0.1) is 0 Å². The van der Waals surface area contributed by atoms with Crippen LogP contribution in [-0.2, 0) is 4.79 Å². The Labute approximate surface area is 301 Å².